The van der Waals surface area contributed by atoms with Crippen molar-refractivity contribution in [3.05, 3.63) is 53.6 Å². The quantitative estimate of drug-likeness (QED) is 0.0525. The van der Waals surface area contributed by atoms with Crippen LogP contribution in [0.5, 0.6) is 23.0 Å². The molecular weight excluding hydrogens is 740 g/mol. The minimum Gasteiger partial charge on any atom is -0.504 e. The molecule has 3 heterocycles. The fourth-order valence-electron chi connectivity index (χ4n) is 6.03. The number of ether oxygens (including phenoxy) is 8. The van der Waals surface area contributed by atoms with Crippen LogP contribution in [0.25, 0.3) is 6.08 Å². The molecule has 0 bridgehead atoms. The average molecular weight is 787 g/mol. The van der Waals surface area contributed by atoms with Gasteiger partial charge >= 0.3 is 5.97 Å². The second-order valence-corrected chi connectivity index (χ2v) is 13.3. The summed E-state index contributed by atoms with van der Waals surface area (Å²) in [5.41, 5.74) is -1.58. The van der Waals surface area contributed by atoms with E-state index >= 15 is 0 Å². The van der Waals surface area contributed by atoms with Crippen LogP contribution < -0.4 is 4.74 Å². The van der Waals surface area contributed by atoms with Crippen LogP contribution in [0.3, 0.4) is 0 Å². The second kappa shape index (κ2) is 18.0. The van der Waals surface area contributed by atoms with Crippen molar-refractivity contribution in [2.45, 2.75) is 92.4 Å². The first-order valence-corrected chi connectivity index (χ1v) is 17.1. The number of rotatable bonds is 14. The van der Waals surface area contributed by atoms with Gasteiger partial charge in [-0.3, -0.25) is 0 Å². The Morgan fingerprint density at radius 3 is 2.29 bits per heavy atom. The Kier molecular flexibility index (Phi) is 13.9. The lowest BCUT2D eigenvalue weighted by Crippen LogP contribution is -2.65. The SMILES string of the molecule is COc1cc(C=CC(=O)O[C@H]2[C@H](O[C@@H]3O[C@@H](C)[C@H](O)[C@@H](O)[C@H]3O)[C@@H](O)[C@H](OC[C@H](O)c3ccc(O)c(O)c3)O[C@@H]2CO[C@@H]2OC[C@](O)(CO)[C@H]2O)ccc1O. The summed E-state index contributed by atoms with van der Waals surface area (Å²) in [5.74, 6) is -2.07. The molecule has 0 saturated carbocycles. The Morgan fingerprint density at radius 2 is 1.62 bits per heavy atom. The first-order chi connectivity index (χ1) is 26.1. The predicted octanol–water partition coefficient (Wildman–Crippen LogP) is -2.76. The topological polar surface area (TPSA) is 313 Å². The van der Waals surface area contributed by atoms with Gasteiger partial charge in [-0.2, -0.15) is 0 Å². The normalized spacial score (nSPS) is 35.8. The zero-order chi connectivity index (χ0) is 40.2. The van der Waals surface area contributed by atoms with Crippen LogP contribution in [-0.4, -0.2) is 175 Å². The maximum atomic E-state index is 13.3. The number of benzene rings is 2. The van der Waals surface area contributed by atoms with Crippen LogP contribution in [0.15, 0.2) is 42.5 Å². The number of carbonyl (C=O) groups is 1. The molecule has 2 aromatic rings. The van der Waals surface area contributed by atoms with Gasteiger partial charge in [-0.1, -0.05) is 12.1 Å². The van der Waals surface area contributed by atoms with Gasteiger partial charge in [0.2, 0.25) is 0 Å². The van der Waals surface area contributed by atoms with E-state index in [9.17, 15) is 61.0 Å². The average Bonchev–Trinajstić information content (AvgIpc) is 3.46. The summed E-state index contributed by atoms with van der Waals surface area (Å²) in [7, 11) is 1.33. The molecule has 0 radical (unpaired) electrons. The van der Waals surface area contributed by atoms with E-state index < -0.39 is 129 Å². The van der Waals surface area contributed by atoms with Crippen molar-refractivity contribution >= 4 is 12.0 Å². The van der Waals surface area contributed by atoms with Gasteiger partial charge in [0, 0.05) is 6.08 Å². The van der Waals surface area contributed by atoms with Crippen molar-refractivity contribution < 1.29 is 98.9 Å². The van der Waals surface area contributed by atoms with Crippen molar-refractivity contribution in [2.75, 3.05) is 33.5 Å². The van der Waals surface area contributed by atoms with E-state index in [0.29, 0.717) is 5.56 Å². The molecule has 3 aliphatic heterocycles. The summed E-state index contributed by atoms with van der Waals surface area (Å²) >= 11 is 0. The number of esters is 1. The maximum absolute atomic E-state index is 13.3. The van der Waals surface area contributed by atoms with Gasteiger partial charge in [-0.15, -0.1) is 0 Å². The molecule has 0 unspecified atom stereocenters. The number of aliphatic hydroxyl groups is 8. The number of hydrogen-bond acceptors (Lipinski definition) is 20. The molecule has 306 valence electrons. The third kappa shape index (κ3) is 9.64. The lowest BCUT2D eigenvalue weighted by molar-refractivity contribution is -0.361. The van der Waals surface area contributed by atoms with Crippen molar-refractivity contribution in [1.29, 1.82) is 0 Å². The van der Waals surface area contributed by atoms with Crippen molar-refractivity contribution in [3.63, 3.8) is 0 Å². The lowest BCUT2D eigenvalue weighted by atomic mass is 9.96. The van der Waals surface area contributed by atoms with Crippen molar-refractivity contribution in [2.24, 2.45) is 0 Å². The summed E-state index contributed by atoms with van der Waals surface area (Å²) in [4.78, 5) is 13.3. The smallest absolute Gasteiger partial charge is 0.331 e. The minimum absolute atomic E-state index is 0.0992. The third-order valence-corrected chi connectivity index (χ3v) is 9.39. The minimum atomic E-state index is -2.07. The summed E-state index contributed by atoms with van der Waals surface area (Å²) in [6, 6.07) is 7.72. The van der Waals surface area contributed by atoms with Crippen LogP contribution in [0, 0.1) is 0 Å². The predicted molar refractivity (Wildman–Crippen MR) is 180 cm³/mol. The summed E-state index contributed by atoms with van der Waals surface area (Å²) in [6.07, 6.45) is -19.1. The second-order valence-electron chi connectivity index (χ2n) is 13.3. The molecular formula is C35H46O20. The molecule has 0 spiro atoms. The summed E-state index contributed by atoms with van der Waals surface area (Å²) < 4.78 is 45.0. The number of phenols is 3. The van der Waals surface area contributed by atoms with E-state index in [0.717, 1.165) is 18.2 Å². The van der Waals surface area contributed by atoms with Crippen LogP contribution in [0.4, 0.5) is 0 Å². The molecule has 3 fully saturated rings. The molecule has 0 aromatic heterocycles. The van der Waals surface area contributed by atoms with E-state index in [1.807, 2.05) is 0 Å². The van der Waals surface area contributed by atoms with Crippen molar-refractivity contribution in [3.8, 4) is 23.0 Å². The number of aliphatic hydroxyl groups excluding tert-OH is 7. The molecule has 11 N–H and O–H groups in total. The highest BCUT2D eigenvalue weighted by Gasteiger charge is 2.54. The third-order valence-electron chi connectivity index (χ3n) is 9.39. The van der Waals surface area contributed by atoms with Gasteiger partial charge in [0.15, 0.2) is 48.0 Å². The molecule has 20 heteroatoms. The monoisotopic (exact) mass is 786 g/mol. The van der Waals surface area contributed by atoms with Gasteiger partial charge in [0.05, 0.1) is 39.6 Å². The summed E-state index contributed by atoms with van der Waals surface area (Å²) in [6.45, 7) is -1.27. The fourth-order valence-corrected chi connectivity index (χ4v) is 6.03. The Balaban J connectivity index is 1.44. The van der Waals surface area contributed by atoms with Gasteiger partial charge in [-0.25, -0.2) is 4.79 Å². The number of hydrogen-bond donors (Lipinski definition) is 11. The zero-order valence-electron chi connectivity index (χ0n) is 29.5. The molecule has 0 amide bonds. The van der Waals surface area contributed by atoms with Crippen LogP contribution >= 0.6 is 0 Å². The fraction of sp³-hybridized carbons (Fsp3) is 0.571. The Labute approximate surface area is 313 Å². The van der Waals surface area contributed by atoms with E-state index in [1.54, 1.807) is 0 Å². The molecule has 55 heavy (non-hydrogen) atoms. The highest BCUT2D eigenvalue weighted by Crippen LogP contribution is 2.34. The van der Waals surface area contributed by atoms with Gasteiger partial charge in [-0.05, 0) is 48.4 Å². The van der Waals surface area contributed by atoms with Crippen LogP contribution in [0.2, 0.25) is 0 Å². The largest absolute Gasteiger partial charge is 0.504 e. The molecule has 14 atom stereocenters. The standard InChI is InChI=1S/C35H46O20/c1-15-25(42)26(43)27(44)33(52-15)55-30-28(45)32(49-11-21(40)17-5-7-18(37)20(39)10-17)53-23(12-50-34-31(46)35(47,13-36)14-51-34)29(30)54-24(41)8-4-16-3-6-19(38)22(9-16)48-2/h3-10,15,21,23,25-34,36-40,42-47H,11-14H2,1-2H3/t15-,21-,23+,25-,26+,27+,28+,29+,30+,31-,32+,33-,34+,35+/m0/s1. The highest BCUT2D eigenvalue weighted by molar-refractivity contribution is 5.87. The number of methoxy groups -OCH3 is 1. The number of carbonyl (C=O) groups excluding carboxylic acids is 1. The van der Waals surface area contributed by atoms with Gasteiger partial charge < -0.3 is 94.1 Å². The van der Waals surface area contributed by atoms with Gasteiger partial charge in [0.1, 0.15) is 54.4 Å². The Morgan fingerprint density at radius 1 is 0.891 bits per heavy atom. The summed E-state index contributed by atoms with van der Waals surface area (Å²) in [5, 5.41) is 114. The first-order valence-electron chi connectivity index (χ1n) is 17.1. The molecule has 5 rings (SSSR count). The van der Waals surface area contributed by atoms with E-state index in [1.165, 1.54) is 44.4 Å². The van der Waals surface area contributed by atoms with E-state index in [4.69, 9.17) is 37.9 Å². The van der Waals surface area contributed by atoms with Crippen molar-refractivity contribution in [1.82, 2.24) is 0 Å². The molecule has 3 saturated heterocycles. The molecule has 20 nitrogen and oxygen atoms in total. The Hall–Kier alpha value is -3.71. The van der Waals surface area contributed by atoms with Gasteiger partial charge in [0.25, 0.3) is 0 Å². The van der Waals surface area contributed by atoms with Crippen LogP contribution in [-0.2, 0) is 38.0 Å². The maximum Gasteiger partial charge on any atom is 0.331 e. The van der Waals surface area contributed by atoms with E-state index in [-0.39, 0.29) is 17.1 Å². The molecule has 3 aliphatic rings. The lowest BCUT2D eigenvalue weighted by Gasteiger charge is -2.47. The number of phenolic OH excluding ortho intramolecular Hbond substituents is 3. The first kappa shape index (κ1) is 42.4. The molecule has 2 aromatic carbocycles. The van der Waals surface area contributed by atoms with Crippen LogP contribution in [0.1, 0.15) is 24.2 Å². The Bertz CT molecular complexity index is 1620. The molecule has 0 aliphatic carbocycles. The number of aromatic hydroxyl groups is 3. The van der Waals surface area contributed by atoms with E-state index in [2.05, 4.69) is 0 Å². The highest BCUT2D eigenvalue weighted by atomic mass is 16.8. The zero-order valence-corrected chi connectivity index (χ0v) is 29.5.